The third kappa shape index (κ3) is 6.19. The lowest BCUT2D eigenvalue weighted by atomic mass is 10.2. The first-order valence-corrected chi connectivity index (χ1v) is 6.50. The molecule has 0 aliphatic carbocycles. The van der Waals surface area contributed by atoms with Crippen molar-refractivity contribution in [1.29, 1.82) is 0 Å². The van der Waals surface area contributed by atoms with E-state index in [1.54, 1.807) is 26.8 Å². The van der Waals surface area contributed by atoms with Crippen molar-refractivity contribution >= 4 is 35.2 Å². The SMILES string of the molecule is CC(C)(C)OC(=O)NC=Cc1ccccc1NC(N)=S. The van der Waals surface area contributed by atoms with E-state index in [-0.39, 0.29) is 5.11 Å². The molecule has 1 rings (SSSR count). The number of nitrogens with one attached hydrogen (secondary N) is 2. The maximum Gasteiger partial charge on any atom is 0.411 e. The largest absolute Gasteiger partial charge is 0.444 e. The molecule has 0 radical (unpaired) electrons. The fourth-order valence-corrected chi connectivity index (χ4v) is 1.51. The fourth-order valence-electron chi connectivity index (χ4n) is 1.40. The van der Waals surface area contributed by atoms with Gasteiger partial charge in [-0.2, -0.15) is 0 Å². The molecule has 0 heterocycles. The van der Waals surface area contributed by atoms with Crippen molar-refractivity contribution in [2.75, 3.05) is 5.32 Å². The van der Waals surface area contributed by atoms with Gasteiger partial charge in [-0.05, 0) is 50.7 Å². The molecule has 0 spiro atoms. The van der Waals surface area contributed by atoms with Gasteiger partial charge in [-0.25, -0.2) is 4.79 Å². The van der Waals surface area contributed by atoms with Crippen molar-refractivity contribution in [2.45, 2.75) is 26.4 Å². The van der Waals surface area contributed by atoms with E-state index >= 15 is 0 Å². The molecule has 6 heteroatoms. The Morgan fingerprint density at radius 3 is 2.60 bits per heavy atom. The Kier molecular flexibility index (Phi) is 5.52. The van der Waals surface area contributed by atoms with Crippen molar-refractivity contribution < 1.29 is 9.53 Å². The molecule has 0 unspecified atom stereocenters. The van der Waals surface area contributed by atoms with Crippen LogP contribution in [0.15, 0.2) is 30.5 Å². The normalized spacial score (nSPS) is 11.2. The molecule has 0 bridgehead atoms. The van der Waals surface area contributed by atoms with Crippen LogP contribution in [0.4, 0.5) is 10.5 Å². The molecule has 4 N–H and O–H groups in total. The number of ether oxygens (including phenoxy) is 1. The maximum atomic E-state index is 11.5. The summed E-state index contributed by atoms with van der Waals surface area (Å²) < 4.78 is 5.11. The van der Waals surface area contributed by atoms with Crippen LogP contribution in [0.25, 0.3) is 6.08 Å². The van der Waals surface area contributed by atoms with Gasteiger partial charge < -0.3 is 15.8 Å². The Bertz CT molecular complexity index is 521. The Morgan fingerprint density at radius 2 is 2.00 bits per heavy atom. The number of hydrogen-bond donors (Lipinski definition) is 3. The van der Waals surface area contributed by atoms with Gasteiger partial charge in [0.25, 0.3) is 0 Å². The van der Waals surface area contributed by atoms with E-state index in [0.29, 0.717) is 0 Å². The highest BCUT2D eigenvalue weighted by atomic mass is 32.1. The number of rotatable bonds is 3. The molecule has 0 saturated carbocycles. The highest BCUT2D eigenvalue weighted by molar-refractivity contribution is 7.80. The summed E-state index contributed by atoms with van der Waals surface area (Å²) in [6.45, 7) is 5.41. The number of nitrogens with two attached hydrogens (primary N) is 1. The lowest BCUT2D eigenvalue weighted by molar-refractivity contribution is 0.0553. The van der Waals surface area contributed by atoms with Crippen molar-refractivity contribution in [3.63, 3.8) is 0 Å². The van der Waals surface area contributed by atoms with Crippen LogP contribution in [0.2, 0.25) is 0 Å². The van der Waals surface area contributed by atoms with Crippen LogP contribution in [0, 0.1) is 0 Å². The smallest absolute Gasteiger partial charge is 0.411 e. The molecular weight excluding hydrogens is 274 g/mol. The van der Waals surface area contributed by atoms with Crippen molar-refractivity contribution in [2.24, 2.45) is 5.73 Å². The first kappa shape index (κ1) is 16.0. The van der Waals surface area contributed by atoms with E-state index in [0.717, 1.165) is 11.3 Å². The molecule has 1 amide bonds. The zero-order chi connectivity index (χ0) is 15.2. The minimum Gasteiger partial charge on any atom is -0.444 e. The third-order valence-electron chi connectivity index (χ3n) is 2.08. The summed E-state index contributed by atoms with van der Waals surface area (Å²) in [4.78, 5) is 11.5. The highest BCUT2D eigenvalue weighted by Gasteiger charge is 2.14. The number of carbonyl (C=O) groups is 1. The number of anilines is 1. The lowest BCUT2D eigenvalue weighted by Gasteiger charge is -2.18. The Balaban J connectivity index is 2.67. The Morgan fingerprint density at radius 1 is 1.35 bits per heavy atom. The zero-order valence-corrected chi connectivity index (χ0v) is 12.6. The molecule has 108 valence electrons. The Labute approximate surface area is 124 Å². The van der Waals surface area contributed by atoms with Gasteiger partial charge in [0.15, 0.2) is 5.11 Å². The van der Waals surface area contributed by atoms with Gasteiger partial charge in [-0.1, -0.05) is 18.2 Å². The van der Waals surface area contributed by atoms with E-state index in [2.05, 4.69) is 10.6 Å². The number of thiocarbonyl (C=S) groups is 1. The number of hydrogen-bond acceptors (Lipinski definition) is 3. The molecule has 0 aliphatic rings. The first-order valence-electron chi connectivity index (χ1n) is 6.09. The topological polar surface area (TPSA) is 76.4 Å². The van der Waals surface area contributed by atoms with Crippen LogP contribution < -0.4 is 16.4 Å². The van der Waals surface area contributed by atoms with Crippen LogP contribution in [-0.2, 0) is 4.74 Å². The second-order valence-electron chi connectivity index (χ2n) is 5.06. The zero-order valence-electron chi connectivity index (χ0n) is 11.8. The molecule has 0 saturated heterocycles. The summed E-state index contributed by atoms with van der Waals surface area (Å²) in [5.74, 6) is 0. The second kappa shape index (κ2) is 6.91. The van der Waals surface area contributed by atoms with Gasteiger partial charge >= 0.3 is 6.09 Å². The average molecular weight is 293 g/mol. The van der Waals surface area contributed by atoms with E-state index in [1.807, 2.05) is 24.3 Å². The van der Waals surface area contributed by atoms with Crippen molar-refractivity contribution in [1.82, 2.24) is 5.32 Å². The molecule has 0 atom stereocenters. The van der Waals surface area contributed by atoms with Crippen LogP contribution in [0.1, 0.15) is 26.3 Å². The van der Waals surface area contributed by atoms with Gasteiger partial charge in [0, 0.05) is 11.9 Å². The average Bonchev–Trinajstić information content (AvgIpc) is 2.28. The summed E-state index contributed by atoms with van der Waals surface area (Å²) in [5.41, 5.74) is 6.53. The van der Waals surface area contributed by atoms with Gasteiger partial charge in [0.2, 0.25) is 0 Å². The first-order chi connectivity index (χ1) is 9.28. The number of benzene rings is 1. The van der Waals surface area contributed by atoms with Crippen LogP contribution in [0.5, 0.6) is 0 Å². The second-order valence-corrected chi connectivity index (χ2v) is 5.50. The van der Waals surface area contributed by atoms with E-state index in [4.69, 9.17) is 22.7 Å². The quantitative estimate of drug-likeness (QED) is 0.747. The maximum absolute atomic E-state index is 11.5. The number of alkyl carbamates (subject to hydrolysis) is 1. The van der Waals surface area contributed by atoms with Gasteiger partial charge in [0.05, 0.1) is 0 Å². The van der Waals surface area contributed by atoms with Crippen LogP contribution in [-0.4, -0.2) is 16.8 Å². The number of amides is 1. The molecule has 5 nitrogen and oxygen atoms in total. The van der Waals surface area contributed by atoms with E-state index in [1.165, 1.54) is 6.20 Å². The summed E-state index contributed by atoms with van der Waals surface area (Å²) in [7, 11) is 0. The van der Waals surface area contributed by atoms with Crippen molar-refractivity contribution in [3.05, 3.63) is 36.0 Å². The molecule has 0 aromatic heterocycles. The predicted octanol–water partition coefficient (Wildman–Crippen LogP) is 2.84. The summed E-state index contributed by atoms with van der Waals surface area (Å²) in [5, 5.41) is 5.58. The summed E-state index contributed by atoms with van der Waals surface area (Å²) >= 11 is 4.80. The molecule has 1 aromatic carbocycles. The third-order valence-corrected chi connectivity index (χ3v) is 2.18. The minimum absolute atomic E-state index is 0.186. The summed E-state index contributed by atoms with van der Waals surface area (Å²) in [6, 6.07) is 7.44. The predicted molar refractivity (Wildman–Crippen MR) is 85.3 cm³/mol. The van der Waals surface area contributed by atoms with Crippen molar-refractivity contribution in [3.8, 4) is 0 Å². The fraction of sp³-hybridized carbons (Fsp3) is 0.286. The molecule has 0 fully saturated rings. The Hall–Kier alpha value is -2.08. The van der Waals surface area contributed by atoms with E-state index < -0.39 is 11.7 Å². The monoisotopic (exact) mass is 293 g/mol. The van der Waals surface area contributed by atoms with Crippen LogP contribution in [0.3, 0.4) is 0 Å². The lowest BCUT2D eigenvalue weighted by Crippen LogP contribution is -2.29. The highest BCUT2D eigenvalue weighted by Crippen LogP contribution is 2.16. The minimum atomic E-state index is -0.525. The van der Waals surface area contributed by atoms with Crippen LogP contribution >= 0.6 is 12.2 Å². The molecule has 1 aromatic rings. The van der Waals surface area contributed by atoms with Gasteiger partial charge in [-0.15, -0.1) is 0 Å². The molecule has 0 aliphatic heterocycles. The standard InChI is InChI=1S/C14H19N3O2S/c1-14(2,3)19-13(18)16-9-8-10-6-4-5-7-11(10)17-12(15)20/h4-9H,1-3H3,(H,16,18)(H3,15,17,20). The summed E-state index contributed by atoms with van der Waals surface area (Å²) in [6.07, 6.45) is 2.73. The van der Waals surface area contributed by atoms with E-state index in [9.17, 15) is 4.79 Å². The van der Waals surface area contributed by atoms with Gasteiger partial charge in [-0.3, -0.25) is 5.32 Å². The van der Waals surface area contributed by atoms with Gasteiger partial charge in [0.1, 0.15) is 5.60 Å². The number of carbonyl (C=O) groups excluding carboxylic acids is 1. The number of para-hydroxylation sites is 1. The molecular formula is C14H19N3O2S. The molecule has 20 heavy (non-hydrogen) atoms.